The van der Waals surface area contributed by atoms with Gasteiger partial charge < -0.3 is 10.8 Å². The Morgan fingerprint density at radius 1 is 0.909 bits per heavy atom. The van der Waals surface area contributed by atoms with Gasteiger partial charge in [-0.3, -0.25) is 0 Å². The molecule has 0 amide bonds. The molecule has 0 aromatic rings. The molecule has 0 spiro atoms. The Labute approximate surface area is 69.7 Å². The molecule has 2 heteroatoms. The van der Waals surface area contributed by atoms with E-state index in [1.807, 2.05) is 0 Å². The van der Waals surface area contributed by atoms with Crippen LogP contribution in [0.15, 0.2) is 0 Å². The molecule has 0 aromatic heterocycles. The predicted molar refractivity (Wildman–Crippen MR) is 48.7 cm³/mol. The van der Waals surface area contributed by atoms with E-state index in [9.17, 15) is 0 Å². The lowest BCUT2D eigenvalue weighted by Crippen LogP contribution is -2.45. The third kappa shape index (κ3) is 3.21. The van der Waals surface area contributed by atoms with E-state index in [4.69, 9.17) is 0 Å². The minimum Gasteiger partial charge on any atom is -0.412 e. The van der Waals surface area contributed by atoms with Crippen LogP contribution in [0.4, 0.5) is 0 Å². The van der Waals surface area contributed by atoms with E-state index < -0.39 is 0 Å². The zero-order valence-electron chi connectivity index (χ0n) is 8.12. The molecule has 1 saturated heterocycles. The fraction of sp³-hybridized carbons (Fsp3) is 1.00. The maximum atomic E-state index is 3.47. The van der Waals surface area contributed by atoms with Gasteiger partial charge in [0.1, 0.15) is 0 Å². The summed E-state index contributed by atoms with van der Waals surface area (Å²) in [4.78, 5) is 0. The van der Waals surface area contributed by atoms with Gasteiger partial charge in [0.15, 0.2) is 0 Å². The van der Waals surface area contributed by atoms with Gasteiger partial charge in [0.25, 0.3) is 0 Å². The molecule has 1 rings (SSSR count). The fourth-order valence-electron chi connectivity index (χ4n) is 2.16. The van der Waals surface area contributed by atoms with Crippen molar-refractivity contribution in [2.45, 2.75) is 34.1 Å². The molecule has 1 heterocycles. The second kappa shape index (κ2) is 3.11. The van der Waals surface area contributed by atoms with Crippen LogP contribution >= 0.6 is 0 Å². The van der Waals surface area contributed by atoms with E-state index in [0.29, 0.717) is 10.8 Å². The molecule has 0 radical (unpaired) electrons. The van der Waals surface area contributed by atoms with Crippen molar-refractivity contribution in [2.24, 2.45) is 10.8 Å². The molecule has 0 aliphatic carbocycles. The molecular weight excluding hydrogens is 138 g/mol. The lowest BCUT2D eigenvalue weighted by atomic mass is 9.72. The summed E-state index contributed by atoms with van der Waals surface area (Å²) in [6.45, 7) is 11.7. The van der Waals surface area contributed by atoms with Crippen molar-refractivity contribution in [3.05, 3.63) is 0 Å². The van der Waals surface area contributed by atoms with Crippen LogP contribution in [-0.4, -0.2) is 18.6 Å². The van der Waals surface area contributed by atoms with E-state index in [1.54, 1.807) is 0 Å². The predicted octanol–water partition coefficient (Wildman–Crippen LogP) is 1.21. The van der Waals surface area contributed by atoms with E-state index >= 15 is 0 Å². The molecule has 0 bridgehead atoms. The summed E-state index contributed by atoms with van der Waals surface area (Å²) in [6.07, 6.45) is 1.34. The van der Waals surface area contributed by atoms with Crippen molar-refractivity contribution in [2.75, 3.05) is 13.1 Å². The molecule has 0 atom stereocenters. The van der Waals surface area contributed by atoms with Crippen LogP contribution in [0.1, 0.15) is 34.1 Å². The van der Waals surface area contributed by atoms with Gasteiger partial charge in [-0.2, -0.15) is 0 Å². The molecule has 3 N–H and O–H groups in total. The number of hydrogen-bond acceptors (Lipinski definition) is 1. The van der Waals surface area contributed by atoms with Crippen LogP contribution in [0, 0.1) is 10.8 Å². The quantitative estimate of drug-likeness (QED) is 0.567. The highest BCUT2D eigenvalue weighted by Crippen LogP contribution is 2.35. The molecular formula is C9H21NO. The first-order chi connectivity index (χ1) is 4.41. The second-order valence-corrected chi connectivity index (χ2v) is 5.11. The standard InChI is InChI=1S/C9H19N.H2O/c1-8(2)5-9(3,4)7-10-6-8;/h10H,5-7H2,1-4H3;1H2. The van der Waals surface area contributed by atoms with Crippen molar-refractivity contribution < 1.29 is 5.48 Å². The molecule has 0 aromatic carbocycles. The molecule has 2 nitrogen and oxygen atoms in total. The molecule has 0 saturated carbocycles. The monoisotopic (exact) mass is 159 g/mol. The van der Waals surface area contributed by atoms with Gasteiger partial charge in [0, 0.05) is 13.1 Å². The fourth-order valence-corrected chi connectivity index (χ4v) is 2.16. The lowest BCUT2D eigenvalue weighted by Gasteiger charge is -2.41. The minimum atomic E-state index is 0. The van der Waals surface area contributed by atoms with Crippen LogP contribution in [0.5, 0.6) is 0 Å². The maximum Gasteiger partial charge on any atom is 0.000295 e. The highest BCUT2D eigenvalue weighted by Gasteiger charge is 2.32. The Morgan fingerprint density at radius 3 is 1.45 bits per heavy atom. The Balaban J connectivity index is 0.000001000. The SMILES string of the molecule is CC1(C)CNCC(C)(C)C1.O. The van der Waals surface area contributed by atoms with E-state index in [1.165, 1.54) is 19.5 Å². The van der Waals surface area contributed by atoms with Gasteiger partial charge in [0.2, 0.25) is 0 Å². The highest BCUT2D eigenvalue weighted by molar-refractivity contribution is 4.87. The average Bonchev–Trinajstić information content (AvgIpc) is 1.56. The van der Waals surface area contributed by atoms with Gasteiger partial charge >= 0.3 is 0 Å². The van der Waals surface area contributed by atoms with Crippen molar-refractivity contribution in [1.29, 1.82) is 0 Å². The topological polar surface area (TPSA) is 43.5 Å². The van der Waals surface area contributed by atoms with E-state index in [0.717, 1.165) is 0 Å². The number of nitrogens with one attached hydrogen (secondary N) is 1. The van der Waals surface area contributed by atoms with Crippen molar-refractivity contribution in [3.63, 3.8) is 0 Å². The highest BCUT2D eigenvalue weighted by atomic mass is 16.0. The lowest BCUT2D eigenvalue weighted by molar-refractivity contribution is 0.136. The zero-order valence-corrected chi connectivity index (χ0v) is 8.12. The summed E-state index contributed by atoms with van der Waals surface area (Å²) < 4.78 is 0. The molecule has 0 unspecified atom stereocenters. The van der Waals surface area contributed by atoms with Gasteiger partial charge in [-0.25, -0.2) is 0 Å². The number of piperidine rings is 1. The number of rotatable bonds is 0. The van der Waals surface area contributed by atoms with Crippen LogP contribution in [0.25, 0.3) is 0 Å². The summed E-state index contributed by atoms with van der Waals surface area (Å²) in [7, 11) is 0. The number of hydrogen-bond donors (Lipinski definition) is 1. The normalized spacial score (nSPS) is 27.3. The van der Waals surface area contributed by atoms with Gasteiger partial charge in [-0.1, -0.05) is 27.7 Å². The summed E-state index contributed by atoms with van der Waals surface area (Å²) >= 11 is 0. The first-order valence-corrected chi connectivity index (χ1v) is 4.12. The largest absolute Gasteiger partial charge is 0.412 e. The van der Waals surface area contributed by atoms with E-state index in [2.05, 4.69) is 33.0 Å². The van der Waals surface area contributed by atoms with Gasteiger partial charge in [-0.15, -0.1) is 0 Å². The molecule has 1 aliphatic rings. The molecule has 1 fully saturated rings. The first kappa shape index (κ1) is 10.9. The molecule has 1 aliphatic heterocycles. The van der Waals surface area contributed by atoms with Gasteiger partial charge in [0.05, 0.1) is 0 Å². The van der Waals surface area contributed by atoms with Crippen LogP contribution < -0.4 is 5.32 Å². The Bertz CT molecular complexity index is 116. The zero-order chi connectivity index (χ0) is 7.83. The second-order valence-electron chi connectivity index (χ2n) is 5.11. The Kier molecular flexibility index (Phi) is 3.09. The summed E-state index contributed by atoms with van der Waals surface area (Å²) in [6, 6.07) is 0. The smallest absolute Gasteiger partial charge is 0.000295 e. The average molecular weight is 159 g/mol. The Morgan fingerprint density at radius 2 is 1.27 bits per heavy atom. The maximum absolute atomic E-state index is 3.47. The molecule has 68 valence electrons. The van der Waals surface area contributed by atoms with Gasteiger partial charge in [-0.05, 0) is 17.3 Å². The van der Waals surface area contributed by atoms with Crippen LogP contribution in [0.3, 0.4) is 0 Å². The molecule has 11 heavy (non-hydrogen) atoms. The Hall–Kier alpha value is -0.0800. The van der Waals surface area contributed by atoms with Crippen molar-refractivity contribution in [1.82, 2.24) is 5.32 Å². The summed E-state index contributed by atoms with van der Waals surface area (Å²) in [5, 5.41) is 3.47. The summed E-state index contributed by atoms with van der Waals surface area (Å²) in [5.74, 6) is 0. The summed E-state index contributed by atoms with van der Waals surface area (Å²) in [5.41, 5.74) is 1.00. The van der Waals surface area contributed by atoms with Crippen LogP contribution in [0.2, 0.25) is 0 Å². The first-order valence-electron chi connectivity index (χ1n) is 4.12. The minimum absolute atomic E-state index is 0. The third-order valence-corrected chi connectivity index (χ3v) is 2.16. The third-order valence-electron chi connectivity index (χ3n) is 2.16. The van der Waals surface area contributed by atoms with Crippen molar-refractivity contribution >= 4 is 0 Å². The van der Waals surface area contributed by atoms with Crippen LogP contribution in [-0.2, 0) is 0 Å². The van der Waals surface area contributed by atoms with E-state index in [-0.39, 0.29) is 5.48 Å². The van der Waals surface area contributed by atoms with Crippen molar-refractivity contribution in [3.8, 4) is 0 Å².